The van der Waals surface area contributed by atoms with E-state index in [1.807, 2.05) is 42.6 Å². The summed E-state index contributed by atoms with van der Waals surface area (Å²) < 4.78 is 4.60. The van der Waals surface area contributed by atoms with Crippen LogP contribution in [0.5, 0.6) is 0 Å². The number of rotatable bonds is 4. The van der Waals surface area contributed by atoms with Crippen LogP contribution in [0.2, 0.25) is 0 Å². The number of nitrogens with zero attached hydrogens (tertiary/aromatic N) is 3. The van der Waals surface area contributed by atoms with Gasteiger partial charge in [0, 0.05) is 23.6 Å². The number of fused-ring (bicyclic) bond motifs is 1. The van der Waals surface area contributed by atoms with Crippen molar-refractivity contribution in [2.45, 2.75) is 13.3 Å². The van der Waals surface area contributed by atoms with Gasteiger partial charge in [-0.2, -0.15) is 0 Å². The van der Waals surface area contributed by atoms with E-state index in [0.29, 0.717) is 5.69 Å². The number of pyridine rings is 1. The minimum absolute atomic E-state index is 0.112. The van der Waals surface area contributed by atoms with Crippen molar-refractivity contribution in [3.05, 3.63) is 77.7 Å². The molecule has 0 saturated carbocycles. The molecule has 5 heteroatoms. The van der Waals surface area contributed by atoms with E-state index in [1.54, 1.807) is 6.92 Å². The second kappa shape index (κ2) is 6.28. The normalized spacial score (nSPS) is 10.9. The van der Waals surface area contributed by atoms with Crippen LogP contribution >= 0.6 is 0 Å². The van der Waals surface area contributed by atoms with Gasteiger partial charge in [-0.15, -0.1) is 0 Å². The Balaban J connectivity index is 1.63. The molecule has 2 aromatic carbocycles. The van der Waals surface area contributed by atoms with Crippen LogP contribution < -0.4 is 0 Å². The van der Waals surface area contributed by atoms with E-state index >= 15 is 0 Å². The Labute approximate surface area is 144 Å². The summed E-state index contributed by atoms with van der Waals surface area (Å²) in [6.45, 7) is 1.71. The lowest BCUT2D eigenvalue weighted by molar-refractivity contribution is 0.0983. The number of Topliss-reactive ketones (excluding diaryl/α,β-unsaturated/α-hetero) is 1. The van der Waals surface area contributed by atoms with Gasteiger partial charge >= 0.3 is 0 Å². The van der Waals surface area contributed by atoms with Gasteiger partial charge in [0.15, 0.2) is 11.5 Å². The summed E-state index contributed by atoms with van der Waals surface area (Å²) in [5.41, 5.74) is 4.75. The molecule has 0 aliphatic rings. The first-order chi connectivity index (χ1) is 12.2. The number of benzene rings is 2. The molecule has 0 aliphatic carbocycles. The van der Waals surface area contributed by atoms with E-state index in [1.165, 1.54) is 0 Å². The lowest BCUT2D eigenvalue weighted by atomic mass is 10.0. The molecule has 0 N–H and O–H groups in total. The van der Waals surface area contributed by atoms with Crippen molar-refractivity contribution < 1.29 is 9.42 Å². The Kier molecular flexibility index (Phi) is 3.82. The number of hydrogen-bond donors (Lipinski definition) is 0. The second-order valence-corrected chi connectivity index (χ2v) is 5.92. The molecule has 0 spiro atoms. The number of aryl methyl sites for hydroxylation is 1. The molecule has 5 nitrogen and oxygen atoms in total. The maximum Gasteiger partial charge on any atom is 0.191 e. The quantitative estimate of drug-likeness (QED) is 0.529. The molecule has 0 atom stereocenters. The summed E-state index contributed by atoms with van der Waals surface area (Å²) in [7, 11) is 0. The van der Waals surface area contributed by atoms with Crippen molar-refractivity contribution >= 4 is 16.7 Å². The highest BCUT2D eigenvalue weighted by Crippen LogP contribution is 2.23. The molecule has 0 amide bonds. The third kappa shape index (κ3) is 3.04. The second-order valence-electron chi connectivity index (χ2n) is 5.92. The lowest BCUT2D eigenvalue weighted by Crippen LogP contribution is -2.05. The maximum atomic E-state index is 12.3. The summed E-state index contributed by atoms with van der Waals surface area (Å²) in [6, 6.07) is 18.1. The van der Waals surface area contributed by atoms with E-state index in [9.17, 15) is 4.79 Å². The fraction of sp³-hybridized carbons (Fsp3) is 0.100. The zero-order chi connectivity index (χ0) is 17.2. The topological polar surface area (TPSA) is 68.9 Å². The molecular formula is C20H15N3O2. The van der Waals surface area contributed by atoms with Crippen LogP contribution in [0.4, 0.5) is 0 Å². The summed E-state index contributed by atoms with van der Waals surface area (Å²) in [5.74, 6) is -0.112. The Morgan fingerprint density at radius 2 is 1.84 bits per heavy atom. The van der Waals surface area contributed by atoms with Crippen LogP contribution in [0, 0.1) is 6.92 Å². The number of ketones is 1. The van der Waals surface area contributed by atoms with Crippen LogP contribution in [0.25, 0.3) is 22.0 Å². The highest BCUT2D eigenvalue weighted by Gasteiger charge is 2.15. The van der Waals surface area contributed by atoms with Crippen LogP contribution in [-0.2, 0) is 6.42 Å². The number of hydrogen-bond acceptors (Lipinski definition) is 5. The molecule has 4 aromatic rings. The van der Waals surface area contributed by atoms with Crippen LogP contribution in [0.3, 0.4) is 0 Å². The lowest BCUT2D eigenvalue weighted by Gasteiger charge is -2.05. The fourth-order valence-electron chi connectivity index (χ4n) is 2.82. The number of carbonyl (C=O) groups excluding carboxylic acids is 1. The first-order valence-corrected chi connectivity index (χ1v) is 7.97. The molecule has 2 heterocycles. The van der Waals surface area contributed by atoms with Crippen molar-refractivity contribution in [2.75, 3.05) is 0 Å². The summed E-state index contributed by atoms with van der Waals surface area (Å²) in [5, 5.41) is 8.36. The van der Waals surface area contributed by atoms with Gasteiger partial charge in [0.25, 0.3) is 0 Å². The van der Waals surface area contributed by atoms with Crippen molar-refractivity contribution in [3.8, 4) is 11.1 Å². The smallest absolute Gasteiger partial charge is 0.191 e. The third-order valence-corrected chi connectivity index (χ3v) is 4.14. The monoisotopic (exact) mass is 329 g/mol. The minimum atomic E-state index is -0.112. The van der Waals surface area contributed by atoms with Gasteiger partial charge in [0.2, 0.25) is 0 Å². The van der Waals surface area contributed by atoms with Gasteiger partial charge < -0.3 is 0 Å². The van der Waals surface area contributed by atoms with Crippen molar-refractivity contribution in [1.82, 2.24) is 15.3 Å². The maximum absolute atomic E-state index is 12.3. The first kappa shape index (κ1) is 15.2. The molecule has 0 saturated heterocycles. The summed E-state index contributed by atoms with van der Waals surface area (Å²) in [6.07, 6.45) is 2.10. The first-order valence-electron chi connectivity index (χ1n) is 7.97. The Bertz CT molecular complexity index is 1050. The number of carbonyl (C=O) groups is 1. The minimum Gasteiger partial charge on any atom is -0.292 e. The van der Waals surface area contributed by atoms with E-state index in [2.05, 4.69) is 38.1 Å². The van der Waals surface area contributed by atoms with E-state index in [4.69, 9.17) is 0 Å². The van der Waals surface area contributed by atoms with Crippen molar-refractivity contribution in [1.29, 1.82) is 0 Å². The molecule has 2 aromatic heterocycles. The molecular weight excluding hydrogens is 314 g/mol. The van der Waals surface area contributed by atoms with Crippen LogP contribution in [-0.4, -0.2) is 21.1 Å². The predicted octanol–water partition coefficient (Wildman–Crippen LogP) is 4.02. The van der Waals surface area contributed by atoms with E-state index in [-0.39, 0.29) is 17.9 Å². The zero-order valence-corrected chi connectivity index (χ0v) is 13.6. The predicted molar refractivity (Wildman–Crippen MR) is 94.2 cm³/mol. The largest absolute Gasteiger partial charge is 0.292 e. The Morgan fingerprint density at radius 3 is 2.60 bits per heavy atom. The molecule has 0 bridgehead atoms. The molecule has 4 rings (SSSR count). The van der Waals surface area contributed by atoms with E-state index < -0.39 is 0 Å². The SMILES string of the molecule is Cc1nonc1C(=O)Cc1ccc2cc(-c3ccccc3)cnc2c1. The Hall–Kier alpha value is -3.34. The highest BCUT2D eigenvalue weighted by atomic mass is 16.6. The van der Waals surface area contributed by atoms with Gasteiger partial charge in [0.05, 0.1) is 5.52 Å². The average molecular weight is 329 g/mol. The van der Waals surface area contributed by atoms with Crippen LogP contribution in [0.1, 0.15) is 21.7 Å². The average Bonchev–Trinajstić information content (AvgIpc) is 3.08. The van der Waals surface area contributed by atoms with Gasteiger partial charge in [-0.05, 0) is 35.3 Å². The third-order valence-electron chi connectivity index (χ3n) is 4.14. The molecule has 0 aliphatic heterocycles. The molecule has 122 valence electrons. The summed E-state index contributed by atoms with van der Waals surface area (Å²) >= 11 is 0. The Morgan fingerprint density at radius 1 is 1.00 bits per heavy atom. The zero-order valence-electron chi connectivity index (χ0n) is 13.6. The van der Waals surface area contributed by atoms with Gasteiger partial charge in [0.1, 0.15) is 5.69 Å². The molecule has 0 radical (unpaired) electrons. The fourth-order valence-corrected chi connectivity index (χ4v) is 2.82. The van der Waals surface area contributed by atoms with Gasteiger partial charge in [-0.25, -0.2) is 4.63 Å². The van der Waals surface area contributed by atoms with E-state index in [0.717, 1.165) is 27.6 Å². The van der Waals surface area contributed by atoms with Crippen molar-refractivity contribution in [3.63, 3.8) is 0 Å². The highest BCUT2D eigenvalue weighted by molar-refractivity contribution is 5.97. The molecule has 0 fully saturated rings. The van der Waals surface area contributed by atoms with Crippen molar-refractivity contribution in [2.24, 2.45) is 0 Å². The number of aromatic nitrogens is 3. The van der Waals surface area contributed by atoms with Gasteiger partial charge in [-0.1, -0.05) is 47.6 Å². The molecule has 0 unspecified atom stereocenters. The standard InChI is InChI=1S/C20H15N3O2/c1-13-20(23-25-22-13)19(24)10-14-7-8-16-11-17(12-21-18(16)9-14)15-5-3-2-4-6-15/h2-9,11-12H,10H2,1H3. The van der Waals surface area contributed by atoms with Crippen LogP contribution in [0.15, 0.2) is 65.4 Å². The van der Waals surface area contributed by atoms with Gasteiger partial charge in [-0.3, -0.25) is 9.78 Å². The summed E-state index contributed by atoms with van der Waals surface area (Å²) in [4.78, 5) is 16.8. The molecule has 25 heavy (non-hydrogen) atoms.